The lowest BCUT2D eigenvalue weighted by atomic mass is 10.1. The summed E-state index contributed by atoms with van der Waals surface area (Å²) in [5, 5.41) is 3.96. The van der Waals surface area contributed by atoms with Crippen LogP contribution in [0.3, 0.4) is 0 Å². The van der Waals surface area contributed by atoms with E-state index in [1.165, 1.54) is 12.1 Å². The van der Waals surface area contributed by atoms with Crippen molar-refractivity contribution in [3.63, 3.8) is 0 Å². The van der Waals surface area contributed by atoms with Gasteiger partial charge in [0.15, 0.2) is 0 Å². The second kappa shape index (κ2) is 7.43. The van der Waals surface area contributed by atoms with Gasteiger partial charge in [0.25, 0.3) is 0 Å². The Hall–Kier alpha value is -1.58. The van der Waals surface area contributed by atoms with Gasteiger partial charge in [-0.1, -0.05) is 41.4 Å². The molecule has 0 radical (unpaired) electrons. The Bertz CT molecular complexity index is 646. The van der Waals surface area contributed by atoms with Gasteiger partial charge in [-0.3, -0.25) is 4.79 Å². The lowest BCUT2D eigenvalue weighted by Crippen LogP contribution is -2.27. The maximum absolute atomic E-state index is 13.0. The molecule has 0 atom stereocenters. The van der Waals surface area contributed by atoms with E-state index in [-0.39, 0.29) is 18.1 Å². The van der Waals surface area contributed by atoms with E-state index in [2.05, 4.69) is 5.32 Å². The normalized spacial score (nSPS) is 10.4. The SMILES string of the molecule is O=C(Cc1cccc(F)c1)NCCc1ccc(Cl)cc1Cl. The minimum absolute atomic E-state index is 0.148. The molecular weight excluding hydrogens is 312 g/mol. The Morgan fingerprint density at radius 1 is 1.14 bits per heavy atom. The van der Waals surface area contributed by atoms with Crippen molar-refractivity contribution in [2.45, 2.75) is 12.8 Å². The summed E-state index contributed by atoms with van der Waals surface area (Å²) in [6.07, 6.45) is 0.775. The first-order valence-electron chi connectivity index (χ1n) is 6.49. The maximum Gasteiger partial charge on any atom is 0.224 e. The quantitative estimate of drug-likeness (QED) is 0.883. The average molecular weight is 326 g/mol. The third-order valence-corrected chi connectivity index (χ3v) is 3.57. The molecule has 0 spiro atoms. The summed E-state index contributed by atoms with van der Waals surface area (Å²) in [7, 11) is 0. The predicted octanol–water partition coefficient (Wildman–Crippen LogP) is 4.03. The number of carbonyl (C=O) groups is 1. The fraction of sp³-hybridized carbons (Fsp3) is 0.188. The largest absolute Gasteiger partial charge is 0.355 e. The van der Waals surface area contributed by atoms with Gasteiger partial charge in [-0.2, -0.15) is 0 Å². The molecule has 0 aliphatic heterocycles. The fourth-order valence-electron chi connectivity index (χ4n) is 1.96. The molecule has 0 heterocycles. The molecule has 1 amide bonds. The zero-order valence-corrected chi connectivity index (χ0v) is 12.7. The Labute approximate surface area is 132 Å². The number of amides is 1. The molecule has 21 heavy (non-hydrogen) atoms. The van der Waals surface area contributed by atoms with Crippen molar-refractivity contribution in [3.8, 4) is 0 Å². The monoisotopic (exact) mass is 325 g/mol. The van der Waals surface area contributed by atoms with Crippen LogP contribution in [0.5, 0.6) is 0 Å². The van der Waals surface area contributed by atoms with E-state index in [1.807, 2.05) is 6.07 Å². The molecule has 2 aromatic rings. The van der Waals surface area contributed by atoms with Gasteiger partial charge >= 0.3 is 0 Å². The highest BCUT2D eigenvalue weighted by molar-refractivity contribution is 6.35. The first-order chi connectivity index (χ1) is 10.0. The molecule has 0 saturated carbocycles. The van der Waals surface area contributed by atoms with Crippen molar-refractivity contribution in [1.29, 1.82) is 0 Å². The summed E-state index contributed by atoms with van der Waals surface area (Å²) in [6.45, 7) is 0.468. The number of benzene rings is 2. The molecule has 110 valence electrons. The minimum atomic E-state index is -0.340. The zero-order valence-electron chi connectivity index (χ0n) is 11.2. The van der Waals surface area contributed by atoms with Gasteiger partial charge in [-0.05, 0) is 41.8 Å². The van der Waals surface area contributed by atoms with Gasteiger partial charge in [0.1, 0.15) is 5.82 Å². The van der Waals surface area contributed by atoms with E-state index in [1.54, 1.807) is 24.3 Å². The Kier molecular flexibility index (Phi) is 5.59. The van der Waals surface area contributed by atoms with Crippen molar-refractivity contribution < 1.29 is 9.18 Å². The van der Waals surface area contributed by atoms with Crippen LogP contribution in [0.15, 0.2) is 42.5 Å². The van der Waals surface area contributed by atoms with Crippen molar-refractivity contribution >= 4 is 29.1 Å². The highest BCUT2D eigenvalue weighted by Crippen LogP contribution is 2.21. The fourth-order valence-corrected chi connectivity index (χ4v) is 2.46. The smallest absolute Gasteiger partial charge is 0.224 e. The molecule has 0 unspecified atom stereocenters. The van der Waals surface area contributed by atoms with Crippen LogP contribution in [0.2, 0.25) is 10.0 Å². The van der Waals surface area contributed by atoms with E-state index in [0.717, 1.165) is 5.56 Å². The Balaban J connectivity index is 1.81. The van der Waals surface area contributed by atoms with Gasteiger partial charge < -0.3 is 5.32 Å². The molecule has 5 heteroatoms. The standard InChI is InChI=1S/C16H14Cl2FNO/c17-13-5-4-12(15(18)10-13)6-7-20-16(21)9-11-2-1-3-14(19)8-11/h1-5,8,10H,6-7,9H2,(H,20,21). The summed E-state index contributed by atoms with van der Waals surface area (Å²) < 4.78 is 13.0. The molecule has 0 fully saturated rings. The molecule has 0 bridgehead atoms. The van der Waals surface area contributed by atoms with Crippen LogP contribution in [0.1, 0.15) is 11.1 Å². The van der Waals surface area contributed by atoms with E-state index in [4.69, 9.17) is 23.2 Å². The van der Waals surface area contributed by atoms with E-state index < -0.39 is 0 Å². The van der Waals surface area contributed by atoms with Crippen LogP contribution in [0.4, 0.5) is 4.39 Å². The lowest BCUT2D eigenvalue weighted by molar-refractivity contribution is -0.120. The molecule has 0 aliphatic carbocycles. The maximum atomic E-state index is 13.0. The summed E-state index contributed by atoms with van der Waals surface area (Å²) in [5.41, 5.74) is 1.57. The highest BCUT2D eigenvalue weighted by atomic mass is 35.5. The first-order valence-corrected chi connectivity index (χ1v) is 7.25. The third kappa shape index (κ3) is 5.03. The highest BCUT2D eigenvalue weighted by Gasteiger charge is 2.05. The van der Waals surface area contributed by atoms with Crippen molar-refractivity contribution in [3.05, 3.63) is 69.5 Å². The number of hydrogen-bond acceptors (Lipinski definition) is 1. The first kappa shape index (κ1) is 15.8. The van der Waals surface area contributed by atoms with Gasteiger partial charge in [0.2, 0.25) is 5.91 Å². The van der Waals surface area contributed by atoms with Crippen LogP contribution in [-0.2, 0) is 17.6 Å². The molecular formula is C16H14Cl2FNO. The van der Waals surface area contributed by atoms with Gasteiger partial charge in [-0.25, -0.2) is 4.39 Å². The second-order valence-electron chi connectivity index (χ2n) is 4.64. The number of nitrogens with one attached hydrogen (secondary N) is 1. The molecule has 0 aromatic heterocycles. The molecule has 0 saturated heterocycles. The average Bonchev–Trinajstić information content (AvgIpc) is 2.41. The Morgan fingerprint density at radius 2 is 1.95 bits per heavy atom. The number of carbonyl (C=O) groups excluding carboxylic acids is 1. The van der Waals surface area contributed by atoms with Crippen LogP contribution < -0.4 is 5.32 Å². The zero-order chi connectivity index (χ0) is 15.2. The molecule has 0 aliphatic rings. The number of halogens is 3. The summed E-state index contributed by atoms with van der Waals surface area (Å²) in [6, 6.07) is 11.3. The Morgan fingerprint density at radius 3 is 2.67 bits per heavy atom. The topological polar surface area (TPSA) is 29.1 Å². The summed E-state index contributed by atoms with van der Waals surface area (Å²) >= 11 is 11.9. The van der Waals surface area contributed by atoms with Crippen molar-refractivity contribution in [1.82, 2.24) is 5.32 Å². The second-order valence-corrected chi connectivity index (χ2v) is 5.49. The van der Waals surface area contributed by atoms with Crippen molar-refractivity contribution in [2.75, 3.05) is 6.54 Å². The van der Waals surface area contributed by atoms with Crippen LogP contribution >= 0.6 is 23.2 Å². The lowest BCUT2D eigenvalue weighted by Gasteiger charge is -2.07. The van der Waals surface area contributed by atoms with Crippen LogP contribution in [0, 0.1) is 5.82 Å². The van der Waals surface area contributed by atoms with Gasteiger partial charge in [0, 0.05) is 16.6 Å². The van der Waals surface area contributed by atoms with Gasteiger partial charge in [0.05, 0.1) is 6.42 Å². The predicted molar refractivity (Wildman–Crippen MR) is 83.3 cm³/mol. The van der Waals surface area contributed by atoms with E-state index >= 15 is 0 Å². The molecule has 2 rings (SSSR count). The minimum Gasteiger partial charge on any atom is -0.355 e. The molecule has 2 nitrogen and oxygen atoms in total. The number of hydrogen-bond donors (Lipinski definition) is 1. The van der Waals surface area contributed by atoms with E-state index in [0.29, 0.717) is 28.6 Å². The third-order valence-electron chi connectivity index (χ3n) is 2.99. The number of rotatable bonds is 5. The summed E-state index contributed by atoms with van der Waals surface area (Å²) in [4.78, 5) is 11.8. The molecule has 2 aromatic carbocycles. The molecule has 1 N–H and O–H groups in total. The van der Waals surface area contributed by atoms with E-state index in [9.17, 15) is 9.18 Å². The van der Waals surface area contributed by atoms with Crippen LogP contribution in [0.25, 0.3) is 0 Å². The van der Waals surface area contributed by atoms with Crippen molar-refractivity contribution in [2.24, 2.45) is 0 Å². The van der Waals surface area contributed by atoms with Crippen LogP contribution in [-0.4, -0.2) is 12.5 Å². The summed E-state index contributed by atoms with van der Waals surface area (Å²) in [5.74, 6) is -0.487. The van der Waals surface area contributed by atoms with Gasteiger partial charge in [-0.15, -0.1) is 0 Å².